The van der Waals surface area contributed by atoms with Gasteiger partial charge in [-0.15, -0.1) is 0 Å². The average molecular weight is 341 g/mol. The number of nitrogens with one attached hydrogen (secondary N) is 1. The number of amides is 2. The number of aromatic amines is 1. The molecule has 0 spiro atoms. The summed E-state index contributed by atoms with van der Waals surface area (Å²) in [6.07, 6.45) is 3.43. The molecule has 132 valence electrons. The SMILES string of the molecule is COc1cc(C)c(C)cc1C(=O)N1CCN(C(=O)c2cc[nH]c2)CC1. The van der Waals surface area contributed by atoms with E-state index < -0.39 is 0 Å². The van der Waals surface area contributed by atoms with Crippen LogP contribution in [-0.2, 0) is 0 Å². The van der Waals surface area contributed by atoms with Crippen LogP contribution in [0, 0.1) is 13.8 Å². The Morgan fingerprint density at radius 1 is 1.00 bits per heavy atom. The first kappa shape index (κ1) is 17.1. The van der Waals surface area contributed by atoms with E-state index in [4.69, 9.17) is 4.74 Å². The maximum Gasteiger partial charge on any atom is 0.257 e. The summed E-state index contributed by atoms with van der Waals surface area (Å²) in [5, 5.41) is 0. The highest BCUT2D eigenvalue weighted by molar-refractivity contribution is 5.98. The zero-order chi connectivity index (χ0) is 18.0. The minimum atomic E-state index is -0.0475. The molecule has 6 nitrogen and oxygen atoms in total. The molecule has 2 aromatic rings. The molecule has 1 fully saturated rings. The first-order chi connectivity index (χ1) is 12.0. The number of benzene rings is 1. The molecule has 2 amide bonds. The largest absolute Gasteiger partial charge is 0.496 e. The summed E-state index contributed by atoms with van der Waals surface area (Å²) in [4.78, 5) is 31.7. The van der Waals surface area contributed by atoms with Gasteiger partial charge in [-0.05, 0) is 43.2 Å². The number of rotatable bonds is 3. The molecule has 0 saturated carbocycles. The third-order valence-electron chi connectivity index (χ3n) is 4.75. The zero-order valence-electron chi connectivity index (χ0n) is 14.8. The maximum absolute atomic E-state index is 12.9. The topological polar surface area (TPSA) is 65.6 Å². The molecule has 2 heterocycles. The maximum atomic E-state index is 12.9. The quantitative estimate of drug-likeness (QED) is 0.931. The molecule has 0 radical (unpaired) electrons. The van der Waals surface area contributed by atoms with Crippen LogP contribution in [0.25, 0.3) is 0 Å². The van der Waals surface area contributed by atoms with Crippen molar-refractivity contribution in [2.45, 2.75) is 13.8 Å². The molecular weight excluding hydrogens is 318 g/mol. The van der Waals surface area contributed by atoms with Gasteiger partial charge in [-0.25, -0.2) is 0 Å². The van der Waals surface area contributed by atoms with Crippen molar-refractivity contribution in [3.05, 3.63) is 52.8 Å². The van der Waals surface area contributed by atoms with Gasteiger partial charge in [-0.3, -0.25) is 9.59 Å². The van der Waals surface area contributed by atoms with Gasteiger partial charge in [0, 0.05) is 38.6 Å². The number of hydrogen-bond donors (Lipinski definition) is 1. The molecule has 1 aromatic heterocycles. The average Bonchev–Trinajstić information content (AvgIpc) is 3.17. The fourth-order valence-corrected chi connectivity index (χ4v) is 3.05. The Hall–Kier alpha value is -2.76. The number of piperazine rings is 1. The van der Waals surface area contributed by atoms with Crippen molar-refractivity contribution in [2.24, 2.45) is 0 Å². The number of hydrogen-bond acceptors (Lipinski definition) is 3. The van der Waals surface area contributed by atoms with Gasteiger partial charge in [0.05, 0.1) is 18.2 Å². The lowest BCUT2D eigenvalue weighted by Gasteiger charge is -2.35. The molecule has 25 heavy (non-hydrogen) atoms. The second-order valence-corrected chi connectivity index (χ2v) is 6.32. The molecule has 1 aliphatic rings. The lowest BCUT2D eigenvalue weighted by Crippen LogP contribution is -2.50. The highest BCUT2D eigenvalue weighted by Gasteiger charge is 2.27. The van der Waals surface area contributed by atoms with E-state index in [1.807, 2.05) is 26.0 Å². The monoisotopic (exact) mass is 341 g/mol. The van der Waals surface area contributed by atoms with E-state index in [1.165, 1.54) is 0 Å². The Bertz CT molecular complexity index is 775. The predicted octanol–water partition coefficient (Wildman–Crippen LogP) is 2.24. The van der Waals surface area contributed by atoms with E-state index in [-0.39, 0.29) is 11.8 Å². The Morgan fingerprint density at radius 2 is 1.60 bits per heavy atom. The molecule has 1 aromatic carbocycles. The van der Waals surface area contributed by atoms with Gasteiger partial charge in [-0.2, -0.15) is 0 Å². The minimum Gasteiger partial charge on any atom is -0.496 e. The smallest absolute Gasteiger partial charge is 0.257 e. The van der Waals surface area contributed by atoms with E-state index >= 15 is 0 Å². The van der Waals surface area contributed by atoms with Crippen LogP contribution in [0.3, 0.4) is 0 Å². The standard InChI is InChI=1S/C19H23N3O3/c1-13-10-16(17(25-3)11-14(13)2)19(24)22-8-6-21(7-9-22)18(23)15-4-5-20-12-15/h4-5,10-12,20H,6-9H2,1-3H3. The summed E-state index contributed by atoms with van der Waals surface area (Å²) >= 11 is 0. The van der Waals surface area contributed by atoms with Crippen molar-refractivity contribution in [2.75, 3.05) is 33.3 Å². The summed E-state index contributed by atoms with van der Waals surface area (Å²) in [6, 6.07) is 5.54. The van der Waals surface area contributed by atoms with Gasteiger partial charge in [0.2, 0.25) is 0 Å². The van der Waals surface area contributed by atoms with Gasteiger partial charge in [0.15, 0.2) is 0 Å². The summed E-state index contributed by atoms with van der Waals surface area (Å²) in [7, 11) is 1.58. The van der Waals surface area contributed by atoms with E-state index in [2.05, 4.69) is 4.98 Å². The second kappa shape index (κ2) is 7.01. The number of aromatic nitrogens is 1. The number of nitrogens with zero attached hydrogens (tertiary/aromatic N) is 2. The van der Waals surface area contributed by atoms with Crippen LogP contribution in [0.5, 0.6) is 5.75 Å². The lowest BCUT2D eigenvalue weighted by atomic mass is 10.0. The Kier molecular flexibility index (Phi) is 4.79. The number of ether oxygens (including phenoxy) is 1. The second-order valence-electron chi connectivity index (χ2n) is 6.32. The number of carbonyl (C=O) groups excluding carboxylic acids is 2. The Morgan fingerprint density at radius 3 is 2.16 bits per heavy atom. The summed E-state index contributed by atoms with van der Waals surface area (Å²) in [6.45, 7) is 6.08. The first-order valence-corrected chi connectivity index (χ1v) is 8.38. The van der Waals surface area contributed by atoms with Crippen LogP contribution in [0.15, 0.2) is 30.6 Å². The number of methoxy groups -OCH3 is 1. The summed E-state index contributed by atoms with van der Waals surface area (Å²) < 4.78 is 5.39. The molecule has 1 aliphatic heterocycles. The first-order valence-electron chi connectivity index (χ1n) is 8.38. The van der Waals surface area contributed by atoms with Crippen LogP contribution in [0.4, 0.5) is 0 Å². The van der Waals surface area contributed by atoms with E-state index in [1.54, 1.807) is 35.4 Å². The van der Waals surface area contributed by atoms with Crippen molar-refractivity contribution in [1.29, 1.82) is 0 Å². The van der Waals surface area contributed by atoms with Crippen LogP contribution >= 0.6 is 0 Å². The van der Waals surface area contributed by atoms with Crippen molar-refractivity contribution in [3.63, 3.8) is 0 Å². The molecule has 0 bridgehead atoms. The predicted molar refractivity (Wildman–Crippen MR) is 95.1 cm³/mol. The number of H-pyrrole nitrogens is 1. The molecular formula is C19H23N3O3. The molecule has 1 N–H and O–H groups in total. The Labute approximate surface area is 147 Å². The molecule has 0 aliphatic carbocycles. The molecule has 6 heteroatoms. The van der Waals surface area contributed by atoms with E-state index in [9.17, 15) is 9.59 Å². The van der Waals surface area contributed by atoms with Gasteiger partial charge in [-0.1, -0.05) is 0 Å². The fraction of sp³-hybridized carbons (Fsp3) is 0.368. The van der Waals surface area contributed by atoms with Crippen molar-refractivity contribution >= 4 is 11.8 Å². The molecule has 1 saturated heterocycles. The van der Waals surface area contributed by atoms with Crippen LogP contribution in [0.2, 0.25) is 0 Å². The highest BCUT2D eigenvalue weighted by Crippen LogP contribution is 2.25. The molecule has 3 rings (SSSR count). The lowest BCUT2D eigenvalue weighted by molar-refractivity contribution is 0.0533. The van der Waals surface area contributed by atoms with Crippen LogP contribution in [0.1, 0.15) is 31.8 Å². The third kappa shape index (κ3) is 3.38. The number of aryl methyl sites for hydroxylation is 2. The van der Waals surface area contributed by atoms with Crippen LogP contribution in [-0.4, -0.2) is 59.9 Å². The third-order valence-corrected chi connectivity index (χ3v) is 4.75. The van der Waals surface area contributed by atoms with Gasteiger partial charge in [0.25, 0.3) is 11.8 Å². The van der Waals surface area contributed by atoms with Gasteiger partial charge in [0.1, 0.15) is 5.75 Å². The summed E-state index contributed by atoms with van der Waals surface area (Å²) in [5.74, 6) is 0.546. The van der Waals surface area contributed by atoms with Gasteiger partial charge >= 0.3 is 0 Å². The van der Waals surface area contributed by atoms with Gasteiger partial charge < -0.3 is 19.5 Å². The number of carbonyl (C=O) groups is 2. The minimum absolute atomic E-state index is 0.00268. The van der Waals surface area contributed by atoms with Crippen molar-refractivity contribution < 1.29 is 14.3 Å². The zero-order valence-corrected chi connectivity index (χ0v) is 14.8. The fourth-order valence-electron chi connectivity index (χ4n) is 3.05. The van der Waals surface area contributed by atoms with E-state index in [0.29, 0.717) is 43.1 Å². The molecule has 0 atom stereocenters. The van der Waals surface area contributed by atoms with E-state index in [0.717, 1.165) is 11.1 Å². The normalized spacial score (nSPS) is 14.5. The highest BCUT2D eigenvalue weighted by atomic mass is 16.5. The summed E-state index contributed by atoms with van der Waals surface area (Å²) in [5.41, 5.74) is 3.38. The Balaban J connectivity index is 1.70. The van der Waals surface area contributed by atoms with Crippen molar-refractivity contribution in [3.8, 4) is 5.75 Å². The van der Waals surface area contributed by atoms with Crippen molar-refractivity contribution in [1.82, 2.24) is 14.8 Å². The van der Waals surface area contributed by atoms with Crippen LogP contribution < -0.4 is 4.74 Å². The molecule has 0 unspecified atom stereocenters.